The standard InChI is InChI=1S/C26H28FN7O/c1-16(2)19-15-30-34-12-9-17(13-24(19)34)21-8-10-29-26(31-21)32-22-7-6-18(14-20(22)27)33-11-4-5-23(28-3)25(33)35/h6-10,12-16,23,28H,4-5,11H2,1-3H3,(H,29,31,32). The van der Waals surface area contributed by atoms with Gasteiger partial charge in [-0.3, -0.25) is 4.79 Å². The lowest BCUT2D eigenvalue weighted by Gasteiger charge is -2.32. The second-order valence-corrected chi connectivity index (χ2v) is 9.03. The maximum absolute atomic E-state index is 15.0. The minimum atomic E-state index is -0.474. The van der Waals surface area contributed by atoms with Crippen LogP contribution in [0.1, 0.15) is 38.2 Å². The molecule has 0 bridgehead atoms. The molecule has 35 heavy (non-hydrogen) atoms. The van der Waals surface area contributed by atoms with Gasteiger partial charge in [0.2, 0.25) is 11.9 Å². The van der Waals surface area contributed by atoms with E-state index >= 15 is 0 Å². The van der Waals surface area contributed by atoms with Gasteiger partial charge in [0.05, 0.1) is 29.1 Å². The minimum Gasteiger partial charge on any atom is -0.322 e. The Morgan fingerprint density at radius 3 is 2.80 bits per heavy atom. The number of hydrogen-bond acceptors (Lipinski definition) is 6. The van der Waals surface area contributed by atoms with Crippen LogP contribution in [-0.4, -0.2) is 45.1 Å². The van der Waals surface area contributed by atoms with Crippen LogP contribution in [-0.2, 0) is 4.79 Å². The highest BCUT2D eigenvalue weighted by Gasteiger charge is 2.28. The summed E-state index contributed by atoms with van der Waals surface area (Å²) in [6.45, 7) is 4.85. The third-order valence-corrected chi connectivity index (χ3v) is 6.42. The number of pyridine rings is 1. The summed E-state index contributed by atoms with van der Waals surface area (Å²) in [5, 5.41) is 10.4. The molecule has 1 amide bonds. The molecule has 0 radical (unpaired) electrons. The van der Waals surface area contributed by atoms with Crippen LogP contribution in [0.3, 0.4) is 0 Å². The van der Waals surface area contributed by atoms with Crippen LogP contribution >= 0.6 is 0 Å². The van der Waals surface area contributed by atoms with Crippen LogP contribution < -0.4 is 15.5 Å². The van der Waals surface area contributed by atoms with Gasteiger partial charge in [0.15, 0.2) is 0 Å². The van der Waals surface area contributed by atoms with E-state index in [1.165, 1.54) is 6.07 Å². The number of amides is 1. The van der Waals surface area contributed by atoms with E-state index in [1.54, 1.807) is 30.3 Å². The smallest absolute Gasteiger partial charge is 0.244 e. The van der Waals surface area contributed by atoms with Crippen molar-refractivity contribution in [3.8, 4) is 11.3 Å². The number of benzene rings is 1. The molecule has 1 saturated heterocycles. The van der Waals surface area contributed by atoms with E-state index in [9.17, 15) is 9.18 Å². The fourth-order valence-corrected chi connectivity index (χ4v) is 4.48. The van der Waals surface area contributed by atoms with E-state index in [0.29, 0.717) is 18.2 Å². The fourth-order valence-electron chi connectivity index (χ4n) is 4.48. The van der Waals surface area contributed by atoms with Gasteiger partial charge in [-0.05, 0) is 62.2 Å². The first-order valence-electron chi connectivity index (χ1n) is 11.8. The molecule has 0 saturated carbocycles. The van der Waals surface area contributed by atoms with E-state index in [2.05, 4.69) is 45.6 Å². The lowest BCUT2D eigenvalue weighted by molar-refractivity contribution is -0.121. The van der Waals surface area contributed by atoms with Gasteiger partial charge in [-0.2, -0.15) is 5.10 Å². The van der Waals surface area contributed by atoms with E-state index in [-0.39, 0.29) is 23.6 Å². The van der Waals surface area contributed by atoms with E-state index in [4.69, 9.17) is 0 Å². The number of aromatic nitrogens is 4. The summed E-state index contributed by atoms with van der Waals surface area (Å²) in [5.41, 5.74) is 4.62. The van der Waals surface area contributed by atoms with Gasteiger partial charge >= 0.3 is 0 Å². The number of anilines is 3. The summed E-state index contributed by atoms with van der Waals surface area (Å²) in [5.74, 6) is 0.125. The average Bonchev–Trinajstić information content (AvgIpc) is 3.29. The number of carbonyl (C=O) groups is 1. The molecule has 3 aromatic heterocycles. The average molecular weight is 474 g/mol. The summed E-state index contributed by atoms with van der Waals surface area (Å²) < 4.78 is 16.8. The van der Waals surface area contributed by atoms with E-state index < -0.39 is 5.82 Å². The fraction of sp³-hybridized carbons (Fsp3) is 0.308. The number of nitrogens with zero attached hydrogens (tertiary/aromatic N) is 5. The van der Waals surface area contributed by atoms with Crippen molar-refractivity contribution in [1.82, 2.24) is 24.9 Å². The summed E-state index contributed by atoms with van der Waals surface area (Å²) in [6.07, 6.45) is 7.09. The zero-order valence-corrected chi connectivity index (χ0v) is 20.0. The molecule has 5 rings (SSSR count). The topological polar surface area (TPSA) is 87.4 Å². The first-order valence-corrected chi connectivity index (χ1v) is 11.8. The quantitative estimate of drug-likeness (QED) is 0.428. The first-order chi connectivity index (χ1) is 16.9. The largest absolute Gasteiger partial charge is 0.322 e. The summed E-state index contributed by atoms with van der Waals surface area (Å²) >= 11 is 0. The second kappa shape index (κ2) is 9.42. The zero-order valence-electron chi connectivity index (χ0n) is 20.0. The SMILES string of the molecule is CNC1CCCN(c2ccc(Nc3nccc(-c4ccn5ncc(C(C)C)c5c4)n3)c(F)c2)C1=O. The molecule has 1 aromatic carbocycles. The van der Waals surface area contributed by atoms with Crippen molar-refractivity contribution >= 4 is 28.7 Å². The highest BCUT2D eigenvalue weighted by atomic mass is 19.1. The Labute approximate surface area is 203 Å². The maximum Gasteiger partial charge on any atom is 0.244 e. The summed E-state index contributed by atoms with van der Waals surface area (Å²) in [6, 6.07) is 10.3. The summed E-state index contributed by atoms with van der Waals surface area (Å²) in [7, 11) is 1.77. The number of hydrogen-bond donors (Lipinski definition) is 2. The number of nitrogens with one attached hydrogen (secondary N) is 2. The molecule has 4 heterocycles. The molecule has 1 fully saturated rings. The normalized spacial score (nSPS) is 16.3. The number of fused-ring (bicyclic) bond motifs is 1. The van der Waals surface area contributed by atoms with Crippen LogP contribution in [0.4, 0.5) is 21.7 Å². The molecule has 1 aliphatic heterocycles. The Morgan fingerprint density at radius 1 is 1.17 bits per heavy atom. The van der Waals surface area contributed by atoms with Gasteiger partial charge in [-0.1, -0.05) is 13.8 Å². The van der Waals surface area contributed by atoms with Crippen molar-refractivity contribution in [2.24, 2.45) is 0 Å². The van der Waals surface area contributed by atoms with E-state index in [1.807, 2.05) is 29.0 Å². The second-order valence-electron chi connectivity index (χ2n) is 9.03. The maximum atomic E-state index is 15.0. The molecule has 9 heteroatoms. The van der Waals surface area contributed by atoms with Crippen LogP contribution in [0, 0.1) is 5.82 Å². The van der Waals surface area contributed by atoms with Crippen molar-refractivity contribution in [1.29, 1.82) is 0 Å². The Kier molecular flexibility index (Phi) is 6.17. The molecule has 2 N–H and O–H groups in total. The number of piperidine rings is 1. The van der Waals surface area contributed by atoms with Crippen molar-refractivity contribution in [2.45, 2.75) is 38.6 Å². The van der Waals surface area contributed by atoms with Crippen LogP contribution in [0.5, 0.6) is 0 Å². The van der Waals surface area contributed by atoms with Crippen molar-refractivity contribution in [3.05, 3.63) is 66.4 Å². The Balaban J connectivity index is 1.39. The van der Waals surface area contributed by atoms with Gasteiger partial charge in [-0.25, -0.2) is 18.9 Å². The lowest BCUT2D eigenvalue weighted by Crippen LogP contribution is -2.49. The van der Waals surface area contributed by atoms with Crippen molar-refractivity contribution in [3.63, 3.8) is 0 Å². The van der Waals surface area contributed by atoms with Crippen molar-refractivity contribution in [2.75, 3.05) is 23.8 Å². The number of carbonyl (C=O) groups excluding carboxylic acids is 1. The zero-order chi connectivity index (χ0) is 24.5. The molecule has 1 unspecified atom stereocenters. The number of halogens is 1. The lowest BCUT2D eigenvalue weighted by atomic mass is 10.0. The monoisotopic (exact) mass is 473 g/mol. The van der Waals surface area contributed by atoms with Gasteiger partial charge in [0.1, 0.15) is 5.82 Å². The Bertz CT molecular complexity index is 1380. The minimum absolute atomic E-state index is 0.0364. The molecule has 1 atom stereocenters. The molecule has 0 aliphatic carbocycles. The predicted octanol–water partition coefficient (Wildman–Crippen LogP) is 4.51. The van der Waals surface area contributed by atoms with Gasteiger partial charge in [0.25, 0.3) is 0 Å². The first kappa shape index (κ1) is 22.9. The molecular formula is C26H28FN7O. The number of likely N-dealkylation sites (N-methyl/N-ethyl adjacent to an activating group) is 1. The highest BCUT2D eigenvalue weighted by molar-refractivity contribution is 5.98. The van der Waals surface area contributed by atoms with Gasteiger partial charge in [0, 0.05) is 35.8 Å². The Hall–Kier alpha value is -3.85. The predicted molar refractivity (Wildman–Crippen MR) is 134 cm³/mol. The van der Waals surface area contributed by atoms with Crippen molar-refractivity contribution < 1.29 is 9.18 Å². The third-order valence-electron chi connectivity index (χ3n) is 6.42. The molecular weight excluding hydrogens is 445 g/mol. The molecule has 180 valence electrons. The molecule has 1 aliphatic rings. The van der Waals surface area contributed by atoms with Gasteiger partial charge < -0.3 is 15.5 Å². The van der Waals surface area contributed by atoms with Crippen LogP contribution in [0.25, 0.3) is 16.8 Å². The van der Waals surface area contributed by atoms with Crippen LogP contribution in [0.2, 0.25) is 0 Å². The van der Waals surface area contributed by atoms with E-state index in [0.717, 1.165) is 35.2 Å². The molecule has 8 nitrogen and oxygen atoms in total. The van der Waals surface area contributed by atoms with Gasteiger partial charge in [-0.15, -0.1) is 0 Å². The highest BCUT2D eigenvalue weighted by Crippen LogP contribution is 2.28. The van der Waals surface area contributed by atoms with Crippen LogP contribution in [0.15, 0.2) is 55.0 Å². The molecule has 4 aromatic rings. The molecule has 0 spiro atoms. The Morgan fingerprint density at radius 2 is 2.03 bits per heavy atom. The number of rotatable bonds is 6. The third kappa shape index (κ3) is 4.46. The summed E-state index contributed by atoms with van der Waals surface area (Å²) in [4.78, 5) is 23.1.